The van der Waals surface area contributed by atoms with Gasteiger partial charge in [-0.2, -0.15) is 0 Å². The summed E-state index contributed by atoms with van der Waals surface area (Å²) < 4.78 is 6.49. The highest BCUT2D eigenvalue weighted by molar-refractivity contribution is 6.27. The SMILES string of the molecule is c1ccc(-c2ccc(-c3cc(-c4cccc(-c5cccc6c5-c5cc7c8ccccc8oc7c7cccc-6c57)c4)cc(-c4ccccc4)n3)cc2)cc1. The van der Waals surface area contributed by atoms with Crippen LogP contribution in [-0.4, -0.2) is 4.98 Å². The van der Waals surface area contributed by atoms with Crippen molar-refractivity contribution in [2.24, 2.45) is 0 Å². The number of furan rings is 1. The largest absolute Gasteiger partial charge is 0.455 e. The third-order valence-electron chi connectivity index (χ3n) is 10.8. The van der Waals surface area contributed by atoms with Gasteiger partial charge in [0, 0.05) is 32.7 Å². The molecule has 246 valence electrons. The van der Waals surface area contributed by atoms with Gasteiger partial charge in [-0.25, -0.2) is 4.98 Å². The van der Waals surface area contributed by atoms with E-state index in [4.69, 9.17) is 9.40 Å². The van der Waals surface area contributed by atoms with Crippen molar-refractivity contribution in [3.05, 3.63) is 188 Å². The number of hydrogen-bond acceptors (Lipinski definition) is 2. The third-order valence-corrected chi connectivity index (χ3v) is 10.8. The Hall–Kier alpha value is -7.03. The zero-order valence-corrected chi connectivity index (χ0v) is 28.8. The summed E-state index contributed by atoms with van der Waals surface area (Å²) in [5.74, 6) is 0. The summed E-state index contributed by atoms with van der Waals surface area (Å²) in [4.78, 5) is 5.21. The predicted octanol–water partition coefficient (Wildman–Crippen LogP) is 14.1. The highest BCUT2D eigenvalue weighted by Gasteiger charge is 2.27. The van der Waals surface area contributed by atoms with E-state index in [2.05, 4.69) is 182 Å². The number of aromatic nitrogens is 1. The molecule has 11 rings (SSSR count). The van der Waals surface area contributed by atoms with Gasteiger partial charge < -0.3 is 4.42 Å². The minimum absolute atomic E-state index is 0.923. The van der Waals surface area contributed by atoms with E-state index in [0.29, 0.717) is 0 Å². The van der Waals surface area contributed by atoms with Gasteiger partial charge in [0.15, 0.2) is 0 Å². The summed E-state index contributed by atoms with van der Waals surface area (Å²) in [7, 11) is 0. The Morgan fingerprint density at radius 1 is 0.321 bits per heavy atom. The van der Waals surface area contributed by atoms with Gasteiger partial charge in [0.25, 0.3) is 0 Å². The standard InChI is InChI=1S/C51H31NO/c1-3-12-32(13-4-1)33-24-26-35(27-25-33)47-30-38(29-46(52-47)34-14-5-2-6-15-34)36-16-9-17-37(28-36)39-19-10-20-41-42-21-11-22-43-50(42)45(49(39)41)31-44-40-18-7-8-23-48(40)53-51(43)44/h1-31H. The first kappa shape index (κ1) is 29.7. The average molecular weight is 674 g/mol. The maximum Gasteiger partial charge on any atom is 0.143 e. The number of hydrogen-bond donors (Lipinski definition) is 0. The van der Waals surface area contributed by atoms with E-state index in [1.54, 1.807) is 0 Å². The molecular formula is C51H31NO. The van der Waals surface area contributed by atoms with E-state index in [0.717, 1.165) is 61.0 Å². The summed E-state index contributed by atoms with van der Waals surface area (Å²) in [6, 6.07) is 67.3. The van der Waals surface area contributed by atoms with Crippen LogP contribution in [0.1, 0.15) is 0 Å². The predicted molar refractivity (Wildman–Crippen MR) is 221 cm³/mol. The molecule has 0 bridgehead atoms. The maximum atomic E-state index is 6.49. The lowest BCUT2D eigenvalue weighted by atomic mass is 9.91. The van der Waals surface area contributed by atoms with Gasteiger partial charge >= 0.3 is 0 Å². The molecule has 0 amide bonds. The molecular weight excluding hydrogens is 643 g/mol. The second-order valence-electron chi connectivity index (χ2n) is 13.9. The quantitative estimate of drug-likeness (QED) is 0.182. The normalized spacial score (nSPS) is 11.8. The van der Waals surface area contributed by atoms with Crippen LogP contribution >= 0.6 is 0 Å². The van der Waals surface area contributed by atoms with Gasteiger partial charge in [0.2, 0.25) is 0 Å². The van der Waals surface area contributed by atoms with Crippen LogP contribution in [0.25, 0.3) is 111 Å². The van der Waals surface area contributed by atoms with Crippen LogP contribution in [0.15, 0.2) is 192 Å². The molecule has 1 aliphatic rings. The van der Waals surface area contributed by atoms with Gasteiger partial charge in [-0.05, 0) is 86.0 Å². The van der Waals surface area contributed by atoms with Crippen LogP contribution < -0.4 is 0 Å². The molecule has 2 heterocycles. The van der Waals surface area contributed by atoms with Crippen LogP contribution in [-0.2, 0) is 0 Å². The van der Waals surface area contributed by atoms with Crippen molar-refractivity contribution >= 4 is 32.7 Å². The van der Waals surface area contributed by atoms with E-state index in [9.17, 15) is 0 Å². The van der Waals surface area contributed by atoms with Crippen LogP contribution in [0.4, 0.5) is 0 Å². The Kier molecular flexibility index (Phi) is 6.59. The van der Waals surface area contributed by atoms with E-state index in [1.807, 2.05) is 6.07 Å². The van der Waals surface area contributed by atoms with E-state index < -0.39 is 0 Å². The number of para-hydroxylation sites is 1. The Morgan fingerprint density at radius 2 is 0.887 bits per heavy atom. The zero-order valence-electron chi connectivity index (χ0n) is 28.8. The zero-order chi connectivity index (χ0) is 34.9. The van der Waals surface area contributed by atoms with Gasteiger partial charge in [-0.3, -0.25) is 0 Å². The van der Waals surface area contributed by atoms with Gasteiger partial charge in [-0.1, -0.05) is 158 Å². The average Bonchev–Trinajstić information content (AvgIpc) is 3.78. The van der Waals surface area contributed by atoms with Crippen LogP contribution in [0.5, 0.6) is 0 Å². The monoisotopic (exact) mass is 673 g/mol. The fourth-order valence-electron chi connectivity index (χ4n) is 8.32. The Labute approximate surface area is 307 Å². The number of nitrogens with zero attached hydrogens (tertiary/aromatic N) is 1. The molecule has 0 fully saturated rings. The molecule has 0 saturated heterocycles. The number of fused-ring (bicyclic) bond motifs is 7. The van der Waals surface area contributed by atoms with Crippen molar-refractivity contribution in [1.82, 2.24) is 4.98 Å². The van der Waals surface area contributed by atoms with Crippen molar-refractivity contribution in [3.8, 4) is 78.1 Å². The Balaban J connectivity index is 1.06. The topological polar surface area (TPSA) is 26.0 Å². The molecule has 0 saturated carbocycles. The molecule has 2 aromatic heterocycles. The fourth-order valence-corrected chi connectivity index (χ4v) is 8.32. The van der Waals surface area contributed by atoms with Gasteiger partial charge in [-0.15, -0.1) is 0 Å². The molecule has 53 heavy (non-hydrogen) atoms. The minimum Gasteiger partial charge on any atom is -0.455 e. The van der Waals surface area contributed by atoms with Crippen LogP contribution in [0, 0.1) is 0 Å². The smallest absolute Gasteiger partial charge is 0.143 e. The maximum absolute atomic E-state index is 6.49. The molecule has 2 nitrogen and oxygen atoms in total. The minimum atomic E-state index is 0.923. The first-order valence-electron chi connectivity index (χ1n) is 18.1. The highest BCUT2D eigenvalue weighted by Crippen LogP contribution is 2.53. The summed E-state index contributed by atoms with van der Waals surface area (Å²) >= 11 is 0. The van der Waals surface area contributed by atoms with Crippen molar-refractivity contribution in [2.45, 2.75) is 0 Å². The van der Waals surface area contributed by atoms with Crippen LogP contribution in [0.3, 0.4) is 0 Å². The van der Waals surface area contributed by atoms with Crippen molar-refractivity contribution in [2.75, 3.05) is 0 Å². The van der Waals surface area contributed by atoms with Crippen molar-refractivity contribution in [1.29, 1.82) is 0 Å². The number of pyridine rings is 1. The molecule has 2 heteroatoms. The Bertz CT molecular complexity index is 3030. The molecule has 0 radical (unpaired) electrons. The summed E-state index contributed by atoms with van der Waals surface area (Å²) in [5, 5.41) is 4.74. The molecule has 0 spiro atoms. The first-order chi connectivity index (χ1) is 26.3. The molecule has 0 atom stereocenters. The molecule has 8 aromatic carbocycles. The van der Waals surface area contributed by atoms with Crippen molar-refractivity contribution in [3.63, 3.8) is 0 Å². The second kappa shape index (κ2) is 11.8. The summed E-state index contributed by atoms with van der Waals surface area (Å²) in [6.07, 6.45) is 0. The second-order valence-corrected chi connectivity index (χ2v) is 13.9. The molecule has 0 aliphatic heterocycles. The molecule has 10 aromatic rings. The van der Waals surface area contributed by atoms with E-state index in [-0.39, 0.29) is 0 Å². The van der Waals surface area contributed by atoms with Crippen molar-refractivity contribution < 1.29 is 4.42 Å². The lowest BCUT2D eigenvalue weighted by molar-refractivity contribution is 0.672. The lowest BCUT2D eigenvalue weighted by Crippen LogP contribution is -1.92. The van der Waals surface area contributed by atoms with Gasteiger partial charge in [0.1, 0.15) is 11.2 Å². The molecule has 0 N–H and O–H groups in total. The van der Waals surface area contributed by atoms with Gasteiger partial charge in [0.05, 0.1) is 11.4 Å². The lowest BCUT2D eigenvalue weighted by Gasteiger charge is -2.14. The highest BCUT2D eigenvalue weighted by atomic mass is 16.3. The number of benzene rings is 8. The summed E-state index contributed by atoms with van der Waals surface area (Å²) in [5.41, 5.74) is 18.1. The third kappa shape index (κ3) is 4.77. The Morgan fingerprint density at radius 3 is 1.70 bits per heavy atom. The number of rotatable bonds is 5. The molecule has 0 unspecified atom stereocenters. The summed E-state index contributed by atoms with van der Waals surface area (Å²) in [6.45, 7) is 0. The fraction of sp³-hybridized carbons (Fsp3) is 0. The molecule has 1 aliphatic carbocycles. The van der Waals surface area contributed by atoms with Crippen LogP contribution in [0.2, 0.25) is 0 Å². The van der Waals surface area contributed by atoms with E-state index in [1.165, 1.54) is 49.9 Å². The van der Waals surface area contributed by atoms with E-state index >= 15 is 0 Å². The first-order valence-corrected chi connectivity index (χ1v) is 18.1.